The van der Waals surface area contributed by atoms with Crippen LogP contribution >= 0.6 is 11.3 Å². The molecule has 6 heteroatoms. The molecule has 4 nitrogen and oxygen atoms in total. The Morgan fingerprint density at radius 3 is 2.96 bits per heavy atom. The van der Waals surface area contributed by atoms with Crippen LogP contribution in [0.5, 0.6) is 0 Å². The molecule has 0 saturated carbocycles. The maximum atomic E-state index is 12.9. The molecule has 1 aromatic heterocycles. The standard InChI is InChI=1S/C17H20FN3OS/c1-12-10-19-6-7-21(12)17(22)9-15-11-23-16(20-15)8-13-2-4-14(18)5-3-13/h2-5,11-12,19H,6-10H2,1H3/t12-/m0/s1. The third-order valence-corrected chi connectivity index (χ3v) is 4.92. The molecule has 3 rings (SSSR count). The number of hydrogen-bond acceptors (Lipinski definition) is 4. The minimum absolute atomic E-state index is 0.137. The molecule has 2 aromatic rings. The first-order valence-electron chi connectivity index (χ1n) is 7.80. The van der Waals surface area contributed by atoms with Crippen LogP contribution in [-0.4, -0.2) is 41.5 Å². The van der Waals surface area contributed by atoms with Gasteiger partial charge >= 0.3 is 0 Å². The van der Waals surface area contributed by atoms with E-state index in [0.29, 0.717) is 12.8 Å². The summed E-state index contributed by atoms with van der Waals surface area (Å²) in [5.41, 5.74) is 1.84. The number of nitrogens with one attached hydrogen (secondary N) is 1. The van der Waals surface area contributed by atoms with Crippen LogP contribution in [0.3, 0.4) is 0 Å². The lowest BCUT2D eigenvalue weighted by Gasteiger charge is -2.33. The van der Waals surface area contributed by atoms with E-state index in [1.54, 1.807) is 23.5 Å². The minimum atomic E-state index is -0.232. The van der Waals surface area contributed by atoms with Gasteiger partial charge in [-0.25, -0.2) is 9.37 Å². The van der Waals surface area contributed by atoms with Gasteiger partial charge in [-0.3, -0.25) is 4.79 Å². The van der Waals surface area contributed by atoms with Gasteiger partial charge in [-0.05, 0) is 24.6 Å². The number of nitrogens with zero attached hydrogens (tertiary/aromatic N) is 2. The number of aromatic nitrogens is 1. The quantitative estimate of drug-likeness (QED) is 0.933. The highest BCUT2D eigenvalue weighted by Gasteiger charge is 2.23. The predicted octanol–water partition coefficient (Wildman–Crippen LogP) is 2.24. The van der Waals surface area contributed by atoms with Gasteiger partial charge in [-0.1, -0.05) is 12.1 Å². The lowest BCUT2D eigenvalue weighted by molar-refractivity contribution is -0.133. The van der Waals surface area contributed by atoms with Crippen LogP contribution in [-0.2, 0) is 17.6 Å². The topological polar surface area (TPSA) is 45.2 Å². The molecule has 1 aromatic carbocycles. The molecule has 0 aliphatic carbocycles. The van der Waals surface area contributed by atoms with Crippen molar-refractivity contribution in [1.29, 1.82) is 0 Å². The highest BCUT2D eigenvalue weighted by Crippen LogP contribution is 2.17. The molecule has 0 spiro atoms. The lowest BCUT2D eigenvalue weighted by Crippen LogP contribution is -2.52. The van der Waals surface area contributed by atoms with Gasteiger partial charge in [0.25, 0.3) is 0 Å². The van der Waals surface area contributed by atoms with Gasteiger partial charge in [0.2, 0.25) is 5.91 Å². The molecule has 1 saturated heterocycles. The maximum absolute atomic E-state index is 12.9. The van der Waals surface area contributed by atoms with Gasteiger partial charge in [0.1, 0.15) is 5.82 Å². The van der Waals surface area contributed by atoms with Gasteiger partial charge in [0.05, 0.1) is 17.1 Å². The Balaban J connectivity index is 1.60. The average molecular weight is 333 g/mol. The molecule has 1 atom stereocenters. The van der Waals surface area contributed by atoms with E-state index < -0.39 is 0 Å². The third kappa shape index (κ3) is 4.14. The summed E-state index contributed by atoms with van der Waals surface area (Å²) in [4.78, 5) is 18.9. The van der Waals surface area contributed by atoms with Gasteiger partial charge < -0.3 is 10.2 Å². The summed E-state index contributed by atoms with van der Waals surface area (Å²) in [7, 11) is 0. The van der Waals surface area contributed by atoms with Crippen molar-refractivity contribution in [3.63, 3.8) is 0 Å². The summed E-state index contributed by atoms with van der Waals surface area (Å²) < 4.78 is 12.9. The number of amides is 1. The maximum Gasteiger partial charge on any atom is 0.228 e. The Labute approximate surface area is 139 Å². The van der Waals surface area contributed by atoms with Gasteiger partial charge in [-0.15, -0.1) is 11.3 Å². The molecule has 0 unspecified atom stereocenters. The average Bonchev–Trinajstić information content (AvgIpc) is 2.97. The first-order chi connectivity index (χ1) is 11.1. The van der Waals surface area contributed by atoms with Crippen LogP contribution in [0.1, 0.15) is 23.2 Å². The molecule has 122 valence electrons. The van der Waals surface area contributed by atoms with Gasteiger partial charge in [-0.2, -0.15) is 0 Å². The Bertz CT molecular complexity index is 671. The van der Waals surface area contributed by atoms with E-state index in [1.807, 2.05) is 10.3 Å². The Hall–Kier alpha value is -1.79. The Morgan fingerprint density at radius 2 is 2.22 bits per heavy atom. The zero-order valence-corrected chi connectivity index (χ0v) is 13.9. The summed E-state index contributed by atoms with van der Waals surface area (Å²) in [6.45, 7) is 4.51. The monoisotopic (exact) mass is 333 g/mol. The first-order valence-corrected chi connectivity index (χ1v) is 8.67. The molecule has 1 N–H and O–H groups in total. The van der Waals surface area contributed by atoms with Crippen molar-refractivity contribution in [2.24, 2.45) is 0 Å². The van der Waals surface area contributed by atoms with Crippen molar-refractivity contribution in [1.82, 2.24) is 15.2 Å². The fourth-order valence-electron chi connectivity index (χ4n) is 2.76. The number of benzene rings is 1. The van der Waals surface area contributed by atoms with E-state index in [2.05, 4.69) is 17.2 Å². The molecule has 1 fully saturated rings. The number of piperazine rings is 1. The molecule has 1 amide bonds. The second-order valence-corrected chi connectivity index (χ2v) is 6.80. The molecule has 1 aliphatic heterocycles. The summed E-state index contributed by atoms with van der Waals surface area (Å²) in [5, 5.41) is 6.18. The van der Waals surface area contributed by atoms with E-state index >= 15 is 0 Å². The SMILES string of the molecule is C[C@H]1CNCCN1C(=O)Cc1csc(Cc2ccc(F)cc2)n1. The molecule has 2 heterocycles. The van der Waals surface area contributed by atoms with Crippen LogP contribution in [0.2, 0.25) is 0 Å². The summed E-state index contributed by atoms with van der Waals surface area (Å²) in [6, 6.07) is 6.68. The first kappa shape index (κ1) is 16.1. The lowest BCUT2D eigenvalue weighted by atomic mass is 10.1. The number of halogens is 1. The van der Waals surface area contributed by atoms with Crippen LogP contribution in [0.25, 0.3) is 0 Å². The zero-order valence-electron chi connectivity index (χ0n) is 13.1. The van der Waals surface area contributed by atoms with E-state index in [-0.39, 0.29) is 17.8 Å². The van der Waals surface area contributed by atoms with Gasteiger partial charge in [0.15, 0.2) is 0 Å². The Morgan fingerprint density at radius 1 is 1.43 bits per heavy atom. The van der Waals surface area contributed by atoms with E-state index in [9.17, 15) is 9.18 Å². The number of carbonyl (C=O) groups is 1. The van der Waals surface area contributed by atoms with Crippen LogP contribution in [0, 0.1) is 5.82 Å². The summed E-state index contributed by atoms with van der Waals surface area (Å²) in [5.74, 6) is -0.0954. The minimum Gasteiger partial charge on any atom is -0.337 e. The third-order valence-electron chi connectivity index (χ3n) is 4.02. The van der Waals surface area contributed by atoms with Crippen molar-refractivity contribution >= 4 is 17.2 Å². The van der Waals surface area contributed by atoms with Crippen LogP contribution in [0.4, 0.5) is 4.39 Å². The zero-order chi connectivity index (χ0) is 16.2. The fourth-order valence-corrected chi connectivity index (χ4v) is 3.58. The fraction of sp³-hybridized carbons (Fsp3) is 0.412. The number of thiazole rings is 1. The summed E-state index contributed by atoms with van der Waals surface area (Å²) >= 11 is 1.55. The van der Waals surface area contributed by atoms with Crippen molar-refractivity contribution < 1.29 is 9.18 Å². The van der Waals surface area contributed by atoms with Crippen molar-refractivity contribution in [3.8, 4) is 0 Å². The molecule has 1 aliphatic rings. The van der Waals surface area contributed by atoms with Crippen molar-refractivity contribution in [2.75, 3.05) is 19.6 Å². The van der Waals surface area contributed by atoms with E-state index in [1.165, 1.54) is 12.1 Å². The smallest absolute Gasteiger partial charge is 0.228 e. The summed E-state index contributed by atoms with van der Waals surface area (Å²) in [6.07, 6.45) is 1.02. The molecule has 23 heavy (non-hydrogen) atoms. The van der Waals surface area contributed by atoms with Crippen LogP contribution in [0.15, 0.2) is 29.6 Å². The van der Waals surface area contributed by atoms with E-state index in [4.69, 9.17) is 0 Å². The highest BCUT2D eigenvalue weighted by molar-refractivity contribution is 7.09. The van der Waals surface area contributed by atoms with E-state index in [0.717, 1.165) is 35.9 Å². The highest BCUT2D eigenvalue weighted by atomic mass is 32.1. The molecular weight excluding hydrogens is 313 g/mol. The second kappa shape index (κ2) is 7.19. The number of rotatable bonds is 4. The van der Waals surface area contributed by atoms with Crippen molar-refractivity contribution in [3.05, 3.63) is 51.7 Å². The second-order valence-electron chi connectivity index (χ2n) is 5.85. The molecule has 0 radical (unpaired) electrons. The van der Waals surface area contributed by atoms with Crippen LogP contribution < -0.4 is 5.32 Å². The Kier molecular flexibility index (Phi) is 5.03. The molecule has 0 bridgehead atoms. The normalized spacial score (nSPS) is 18.2. The van der Waals surface area contributed by atoms with Crippen molar-refractivity contribution in [2.45, 2.75) is 25.8 Å². The largest absolute Gasteiger partial charge is 0.337 e. The predicted molar refractivity (Wildman–Crippen MR) is 89.1 cm³/mol. The molecular formula is C17H20FN3OS. The number of carbonyl (C=O) groups excluding carboxylic acids is 1. The number of hydrogen-bond donors (Lipinski definition) is 1. The van der Waals surface area contributed by atoms with Gasteiger partial charge in [0, 0.05) is 37.5 Å².